The van der Waals surface area contributed by atoms with Crippen LogP contribution < -0.4 is 10.6 Å². The van der Waals surface area contributed by atoms with Crippen LogP contribution >= 0.6 is 0 Å². The van der Waals surface area contributed by atoms with Crippen LogP contribution in [0.5, 0.6) is 0 Å². The van der Waals surface area contributed by atoms with Crippen LogP contribution in [0.1, 0.15) is 67.7 Å². The van der Waals surface area contributed by atoms with Gasteiger partial charge in [0.1, 0.15) is 6.29 Å². The van der Waals surface area contributed by atoms with E-state index >= 15 is 0 Å². The van der Waals surface area contributed by atoms with Gasteiger partial charge in [0.15, 0.2) is 0 Å². The third-order valence-corrected chi connectivity index (χ3v) is 6.64. The van der Waals surface area contributed by atoms with Crippen LogP contribution in [-0.2, 0) is 19.2 Å². The molecule has 1 aliphatic rings. The Kier molecular flexibility index (Phi) is 9.00. The normalized spacial score (nSPS) is 22.9. The van der Waals surface area contributed by atoms with Gasteiger partial charge in [0.05, 0.1) is 12.0 Å². The zero-order chi connectivity index (χ0) is 23.3. The van der Waals surface area contributed by atoms with Crippen molar-refractivity contribution in [3.8, 4) is 0 Å². The first kappa shape index (κ1) is 26.1. The Morgan fingerprint density at radius 3 is 2.17 bits per heavy atom. The molecule has 0 aromatic rings. The first-order valence-electron chi connectivity index (χ1n) is 11.1. The highest BCUT2D eigenvalue weighted by molar-refractivity contribution is 6.38. The summed E-state index contributed by atoms with van der Waals surface area (Å²) >= 11 is 0. The number of hydrogen-bond acceptors (Lipinski definition) is 4. The van der Waals surface area contributed by atoms with Crippen molar-refractivity contribution in [2.24, 2.45) is 34.5 Å². The highest BCUT2D eigenvalue weighted by Gasteiger charge is 2.63. The summed E-state index contributed by atoms with van der Waals surface area (Å²) in [4.78, 5) is 50.4. The molecule has 2 amide bonds. The summed E-state index contributed by atoms with van der Waals surface area (Å²) in [6.07, 6.45) is 4.31. The van der Waals surface area contributed by atoms with Crippen molar-refractivity contribution in [1.82, 2.24) is 10.6 Å². The zero-order valence-corrected chi connectivity index (χ0v) is 19.7. The molecule has 0 aromatic carbocycles. The summed E-state index contributed by atoms with van der Waals surface area (Å²) in [5.74, 6) is -2.31. The third kappa shape index (κ3) is 5.79. The number of rotatable bonds is 12. The smallest absolute Gasteiger partial charge is 0.289 e. The van der Waals surface area contributed by atoms with Crippen molar-refractivity contribution in [2.45, 2.75) is 73.8 Å². The molecule has 5 atom stereocenters. The fraction of sp³-hybridized carbons (Fsp3) is 0.750. The largest absolute Gasteiger partial charge is 0.346 e. The van der Waals surface area contributed by atoms with Crippen molar-refractivity contribution in [3.63, 3.8) is 0 Å². The van der Waals surface area contributed by atoms with Crippen LogP contribution in [0.15, 0.2) is 12.7 Å². The molecule has 2 N–H and O–H groups in total. The summed E-state index contributed by atoms with van der Waals surface area (Å²) in [6.45, 7) is 17.8. The zero-order valence-electron chi connectivity index (χ0n) is 19.7. The summed E-state index contributed by atoms with van der Waals surface area (Å²) in [5, 5.41) is 5.31. The highest BCUT2D eigenvalue weighted by atomic mass is 16.2. The fourth-order valence-electron chi connectivity index (χ4n) is 4.89. The first-order valence-corrected chi connectivity index (χ1v) is 11.1. The van der Waals surface area contributed by atoms with Crippen LogP contribution in [0.2, 0.25) is 0 Å². The van der Waals surface area contributed by atoms with Gasteiger partial charge in [-0.05, 0) is 29.1 Å². The second-order valence-electron chi connectivity index (χ2n) is 10.1. The molecule has 0 aromatic heterocycles. The second-order valence-corrected chi connectivity index (χ2v) is 10.1. The van der Waals surface area contributed by atoms with Gasteiger partial charge in [-0.2, -0.15) is 0 Å². The van der Waals surface area contributed by atoms with Crippen LogP contribution in [0.25, 0.3) is 0 Å². The minimum atomic E-state index is -0.899. The number of hydrogen-bond donors (Lipinski definition) is 2. The maximum atomic E-state index is 13.5. The molecular weight excluding hydrogens is 380 g/mol. The molecule has 0 radical (unpaired) electrons. The van der Waals surface area contributed by atoms with Crippen LogP contribution in [0.4, 0.5) is 0 Å². The molecule has 2 unspecified atom stereocenters. The maximum absolute atomic E-state index is 13.5. The lowest BCUT2D eigenvalue weighted by atomic mass is 9.70. The predicted octanol–water partition coefficient (Wildman–Crippen LogP) is 3.30. The van der Waals surface area contributed by atoms with Crippen molar-refractivity contribution >= 4 is 23.9 Å². The Morgan fingerprint density at radius 2 is 1.77 bits per heavy atom. The van der Waals surface area contributed by atoms with Gasteiger partial charge >= 0.3 is 0 Å². The number of carbonyl (C=O) groups excluding carboxylic acids is 4. The van der Waals surface area contributed by atoms with Crippen molar-refractivity contribution in [3.05, 3.63) is 12.7 Å². The maximum Gasteiger partial charge on any atom is 0.289 e. The van der Waals surface area contributed by atoms with Gasteiger partial charge in [-0.1, -0.05) is 67.4 Å². The molecule has 30 heavy (non-hydrogen) atoms. The van der Waals surface area contributed by atoms with Gasteiger partial charge in [-0.3, -0.25) is 14.4 Å². The molecular formula is C24H40N2O4. The Hall–Kier alpha value is -1.98. The molecule has 1 saturated carbocycles. The van der Waals surface area contributed by atoms with Gasteiger partial charge in [0.2, 0.25) is 11.7 Å². The molecule has 6 nitrogen and oxygen atoms in total. The van der Waals surface area contributed by atoms with Crippen LogP contribution in [0, 0.1) is 34.5 Å². The van der Waals surface area contributed by atoms with E-state index in [2.05, 4.69) is 38.0 Å². The van der Waals surface area contributed by atoms with E-state index in [0.29, 0.717) is 18.8 Å². The van der Waals surface area contributed by atoms with E-state index in [1.807, 2.05) is 27.7 Å². The summed E-state index contributed by atoms with van der Waals surface area (Å²) in [5.41, 5.74) is -0.443. The summed E-state index contributed by atoms with van der Waals surface area (Å²) < 4.78 is 0. The number of amides is 2. The molecule has 0 saturated heterocycles. The molecule has 0 bridgehead atoms. The summed E-state index contributed by atoms with van der Waals surface area (Å²) in [7, 11) is 0. The van der Waals surface area contributed by atoms with E-state index in [0.717, 1.165) is 12.7 Å². The van der Waals surface area contributed by atoms with Gasteiger partial charge in [-0.25, -0.2) is 0 Å². The lowest BCUT2D eigenvalue weighted by molar-refractivity contribution is -0.141. The second kappa shape index (κ2) is 10.4. The molecule has 6 heteroatoms. The molecule has 0 aliphatic heterocycles. The molecule has 0 heterocycles. The Labute approximate surface area is 181 Å². The van der Waals surface area contributed by atoms with Crippen LogP contribution in [-0.4, -0.2) is 36.5 Å². The first-order chi connectivity index (χ1) is 13.9. The fourth-order valence-corrected chi connectivity index (χ4v) is 4.89. The van der Waals surface area contributed by atoms with Crippen molar-refractivity contribution in [1.29, 1.82) is 0 Å². The number of carbonyl (C=O) groups is 4. The summed E-state index contributed by atoms with van der Waals surface area (Å²) in [6, 6.07) is -0.899. The number of Topliss-reactive ketones (excluding diaryl/α,β-unsaturated/α-hetero) is 1. The number of aldehydes is 1. The Balaban J connectivity index is 3.18. The number of ketones is 1. The van der Waals surface area contributed by atoms with E-state index in [9.17, 15) is 19.2 Å². The third-order valence-electron chi connectivity index (χ3n) is 6.64. The monoisotopic (exact) mass is 420 g/mol. The van der Waals surface area contributed by atoms with Crippen molar-refractivity contribution < 1.29 is 19.2 Å². The van der Waals surface area contributed by atoms with E-state index in [1.165, 1.54) is 6.08 Å². The topological polar surface area (TPSA) is 92.3 Å². The Bertz CT molecular complexity index is 663. The standard InChI is InChI=1S/C24H40N2O4/c1-9-12-17(20(28)22(30)25-13-10-2)26-21(29)18(16(14-27)23(4,5)6)19-15(11-3)24(19,7)8/h10,14-19H,2,9,11-13H2,1,3-8H3,(H,25,30)(H,26,29)/t15-,16+,17?,18?,19-/m0/s1. The highest BCUT2D eigenvalue weighted by Crippen LogP contribution is 2.65. The van der Waals surface area contributed by atoms with Gasteiger partial charge in [0.25, 0.3) is 5.91 Å². The Morgan fingerprint density at radius 1 is 1.17 bits per heavy atom. The SMILES string of the molecule is C=CCNC(=O)C(=O)C(CCC)NC(=O)C([C@@H](C=O)C(C)(C)C)[C@@H]1[C@H](CC)C1(C)C. The minimum Gasteiger partial charge on any atom is -0.346 e. The van der Waals surface area contributed by atoms with Crippen molar-refractivity contribution in [2.75, 3.05) is 6.54 Å². The predicted molar refractivity (Wildman–Crippen MR) is 119 cm³/mol. The molecule has 1 fully saturated rings. The lowest BCUT2D eigenvalue weighted by Gasteiger charge is -2.34. The lowest BCUT2D eigenvalue weighted by Crippen LogP contribution is -2.51. The van der Waals surface area contributed by atoms with E-state index in [1.54, 1.807) is 0 Å². The molecule has 170 valence electrons. The number of nitrogens with one attached hydrogen (secondary N) is 2. The average Bonchev–Trinajstić information content (AvgIpc) is 3.21. The quantitative estimate of drug-likeness (QED) is 0.288. The van der Waals surface area contributed by atoms with Crippen LogP contribution in [0.3, 0.4) is 0 Å². The average molecular weight is 421 g/mol. The van der Waals surface area contributed by atoms with E-state index < -0.39 is 35.0 Å². The molecule has 1 rings (SSSR count). The van der Waals surface area contributed by atoms with Gasteiger partial charge in [-0.15, -0.1) is 6.58 Å². The van der Waals surface area contributed by atoms with Gasteiger partial charge < -0.3 is 15.4 Å². The molecule has 1 aliphatic carbocycles. The van der Waals surface area contributed by atoms with E-state index in [-0.39, 0.29) is 23.8 Å². The minimum absolute atomic E-state index is 0.0468. The van der Waals surface area contributed by atoms with E-state index in [4.69, 9.17) is 0 Å². The van der Waals surface area contributed by atoms with Gasteiger partial charge in [0, 0.05) is 12.5 Å². The molecule has 0 spiro atoms.